The highest BCUT2D eigenvalue weighted by molar-refractivity contribution is 6.02. The fraction of sp³-hybridized carbons (Fsp3) is 0.353. The fourth-order valence-electron chi connectivity index (χ4n) is 1.94. The van der Waals surface area contributed by atoms with E-state index in [2.05, 4.69) is 20.8 Å². The minimum absolute atomic E-state index is 0.105. The average molecular weight is 313 g/mol. The van der Waals surface area contributed by atoms with E-state index >= 15 is 0 Å². The molecule has 2 aromatic rings. The average Bonchev–Trinajstić information content (AvgIpc) is 2.46. The van der Waals surface area contributed by atoms with Crippen molar-refractivity contribution in [3.05, 3.63) is 42.1 Å². The summed E-state index contributed by atoms with van der Waals surface area (Å²) in [6.07, 6.45) is 0. The third-order valence-electron chi connectivity index (χ3n) is 3.04. The van der Waals surface area contributed by atoms with E-state index < -0.39 is 0 Å². The number of rotatable bonds is 4. The van der Waals surface area contributed by atoms with E-state index in [-0.39, 0.29) is 17.1 Å². The first-order valence-electron chi connectivity index (χ1n) is 7.45. The standard InChI is InChI=1S/C17H23N5O/c1-17(2,3)19-15-11-10-14(20-21-15)16(23)18-12-6-8-13(9-7-12)22(4)5/h6-11H,1-5H3,(H,18,23)(H,19,21). The van der Waals surface area contributed by atoms with Gasteiger partial charge >= 0.3 is 0 Å². The van der Waals surface area contributed by atoms with E-state index in [0.717, 1.165) is 11.4 Å². The first kappa shape index (κ1) is 16.7. The highest BCUT2D eigenvalue weighted by atomic mass is 16.1. The second kappa shape index (κ2) is 6.64. The minimum Gasteiger partial charge on any atom is -0.378 e. The van der Waals surface area contributed by atoms with Crippen LogP contribution in [0.1, 0.15) is 31.3 Å². The number of amides is 1. The van der Waals surface area contributed by atoms with E-state index in [1.807, 2.05) is 64.0 Å². The first-order chi connectivity index (χ1) is 10.7. The quantitative estimate of drug-likeness (QED) is 0.908. The molecular weight excluding hydrogens is 290 g/mol. The second-order valence-corrected chi connectivity index (χ2v) is 6.57. The molecule has 23 heavy (non-hydrogen) atoms. The van der Waals surface area contributed by atoms with Gasteiger partial charge in [-0.2, -0.15) is 0 Å². The summed E-state index contributed by atoms with van der Waals surface area (Å²) in [7, 11) is 3.94. The van der Waals surface area contributed by atoms with Gasteiger partial charge in [0, 0.05) is 31.0 Å². The summed E-state index contributed by atoms with van der Waals surface area (Å²) in [5.41, 5.74) is 1.97. The lowest BCUT2D eigenvalue weighted by Gasteiger charge is -2.20. The lowest BCUT2D eigenvalue weighted by molar-refractivity contribution is 0.102. The monoisotopic (exact) mass is 313 g/mol. The number of nitrogens with zero attached hydrogens (tertiary/aromatic N) is 3. The van der Waals surface area contributed by atoms with Crippen LogP contribution in [-0.4, -0.2) is 35.7 Å². The van der Waals surface area contributed by atoms with Crippen LogP contribution < -0.4 is 15.5 Å². The molecule has 0 aliphatic carbocycles. The summed E-state index contributed by atoms with van der Waals surface area (Å²) in [4.78, 5) is 14.2. The van der Waals surface area contributed by atoms with Gasteiger partial charge in [0.1, 0.15) is 5.82 Å². The molecule has 0 saturated heterocycles. The molecule has 0 fully saturated rings. The summed E-state index contributed by atoms with van der Waals surface area (Å²) in [6.45, 7) is 6.10. The maximum atomic E-state index is 12.2. The van der Waals surface area contributed by atoms with E-state index in [1.165, 1.54) is 0 Å². The van der Waals surface area contributed by atoms with Gasteiger partial charge in [0.2, 0.25) is 0 Å². The molecule has 0 atom stereocenters. The van der Waals surface area contributed by atoms with Gasteiger partial charge in [-0.05, 0) is 57.2 Å². The molecule has 2 rings (SSSR count). The Hall–Kier alpha value is -2.63. The van der Waals surface area contributed by atoms with Gasteiger partial charge in [0.25, 0.3) is 5.91 Å². The van der Waals surface area contributed by atoms with E-state index in [1.54, 1.807) is 12.1 Å². The number of hydrogen-bond acceptors (Lipinski definition) is 5. The number of carbonyl (C=O) groups excluding carboxylic acids is 1. The lowest BCUT2D eigenvalue weighted by Crippen LogP contribution is -2.27. The first-order valence-corrected chi connectivity index (χ1v) is 7.45. The number of carbonyl (C=O) groups is 1. The van der Waals surface area contributed by atoms with Crippen molar-refractivity contribution in [3.8, 4) is 0 Å². The maximum Gasteiger partial charge on any atom is 0.276 e. The summed E-state index contributed by atoms with van der Waals surface area (Å²) in [5, 5.41) is 14.0. The Morgan fingerprint density at radius 2 is 1.65 bits per heavy atom. The summed E-state index contributed by atoms with van der Waals surface area (Å²) in [5.74, 6) is 0.363. The molecule has 0 radical (unpaired) electrons. The number of nitrogens with one attached hydrogen (secondary N) is 2. The van der Waals surface area contributed by atoms with Crippen LogP contribution in [0.25, 0.3) is 0 Å². The van der Waals surface area contributed by atoms with Gasteiger partial charge in [0.15, 0.2) is 5.69 Å². The van der Waals surface area contributed by atoms with Crippen molar-refractivity contribution in [2.45, 2.75) is 26.3 Å². The van der Waals surface area contributed by atoms with Crippen molar-refractivity contribution in [3.63, 3.8) is 0 Å². The fourth-order valence-corrected chi connectivity index (χ4v) is 1.94. The van der Waals surface area contributed by atoms with Gasteiger partial charge in [0.05, 0.1) is 0 Å². The van der Waals surface area contributed by atoms with Crippen molar-refractivity contribution < 1.29 is 4.79 Å². The summed E-state index contributed by atoms with van der Waals surface area (Å²) < 4.78 is 0. The molecule has 122 valence electrons. The lowest BCUT2D eigenvalue weighted by atomic mass is 10.1. The molecule has 1 heterocycles. The topological polar surface area (TPSA) is 70.2 Å². The third-order valence-corrected chi connectivity index (χ3v) is 3.04. The van der Waals surface area contributed by atoms with Crippen molar-refractivity contribution in [2.24, 2.45) is 0 Å². The molecule has 1 amide bonds. The van der Waals surface area contributed by atoms with Crippen LogP contribution in [0, 0.1) is 0 Å². The molecule has 1 aromatic heterocycles. The zero-order valence-electron chi connectivity index (χ0n) is 14.2. The Balaban J connectivity index is 2.03. The van der Waals surface area contributed by atoms with Gasteiger partial charge in [-0.25, -0.2) is 0 Å². The van der Waals surface area contributed by atoms with Crippen LogP contribution in [0.4, 0.5) is 17.2 Å². The zero-order chi connectivity index (χ0) is 17.0. The van der Waals surface area contributed by atoms with Gasteiger partial charge in [-0.15, -0.1) is 10.2 Å². The highest BCUT2D eigenvalue weighted by Crippen LogP contribution is 2.16. The van der Waals surface area contributed by atoms with Gasteiger partial charge in [-0.3, -0.25) is 4.79 Å². The molecule has 0 saturated carbocycles. The Kier molecular flexibility index (Phi) is 4.83. The zero-order valence-corrected chi connectivity index (χ0v) is 14.2. The van der Waals surface area contributed by atoms with Crippen LogP contribution in [0.3, 0.4) is 0 Å². The number of benzene rings is 1. The van der Waals surface area contributed by atoms with Crippen LogP contribution in [-0.2, 0) is 0 Å². The van der Waals surface area contributed by atoms with E-state index in [9.17, 15) is 4.79 Å². The minimum atomic E-state index is -0.280. The molecule has 0 bridgehead atoms. The van der Waals surface area contributed by atoms with Crippen LogP contribution in [0.5, 0.6) is 0 Å². The van der Waals surface area contributed by atoms with Crippen molar-refractivity contribution in [1.82, 2.24) is 10.2 Å². The van der Waals surface area contributed by atoms with Gasteiger partial charge in [-0.1, -0.05) is 0 Å². The normalized spacial score (nSPS) is 11.0. The number of anilines is 3. The van der Waals surface area contributed by atoms with Crippen LogP contribution >= 0.6 is 0 Å². The molecule has 0 unspecified atom stereocenters. The Labute approximate surface area is 136 Å². The van der Waals surface area contributed by atoms with Crippen LogP contribution in [0.15, 0.2) is 36.4 Å². The molecule has 2 N–H and O–H groups in total. The van der Waals surface area contributed by atoms with Crippen LogP contribution in [0.2, 0.25) is 0 Å². The summed E-state index contributed by atoms with van der Waals surface area (Å²) in [6, 6.07) is 11.0. The van der Waals surface area contributed by atoms with Crippen molar-refractivity contribution in [2.75, 3.05) is 29.6 Å². The Morgan fingerprint density at radius 1 is 1.00 bits per heavy atom. The molecular formula is C17H23N5O. The number of aromatic nitrogens is 2. The van der Waals surface area contributed by atoms with Crippen molar-refractivity contribution in [1.29, 1.82) is 0 Å². The number of hydrogen-bond donors (Lipinski definition) is 2. The molecule has 0 aliphatic heterocycles. The smallest absolute Gasteiger partial charge is 0.276 e. The van der Waals surface area contributed by atoms with Gasteiger partial charge < -0.3 is 15.5 Å². The maximum absolute atomic E-state index is 12.2. The Morgan fingerprint density at radius 3 is 2.13 bits per heavy atom. The predicted molar refractivity (Wildman–Crippen MR) is 94.1 cm³/mol. The molecule has 1 aromatic carbocycles. The predicted octanol–water partition coefficient (Wildman–Crippen LogP) is 3.01. The summed E-state index contributed by atoms with van der Waals surface area (Å²) >= 11 is 0. The molecule has 0 aliphatic rings. The SMILES string of the molecule is CN(C)c1ccc(NC(=O)c2ccc(NC(C)(C)C)nn2)cc1. The van der Waals surface area contributed by atoms with Crippen molar-refractivity contribution >= 4 is 23.1 Å². The third kappa shape index (κ3) is 4.95. The highest BCUT2D eigenvalue weighted by Gasteiger charge is 2.12. The molecule has 0 spiro atoms. The largest absolute Gasteiger partial charge is 0.378 e. The molecule has 6 heteroatoms. The van der Waals surface area contributed by atoms with E-state index in [0.29, 0.717) is 5.82 Å². The van der Waals surface area contributed by atoms with E-state index in [4.69, 9.17) is 0 Å². The Bertz CT molecular complexity index is 657. The molecule has 6 nitrogen and oxygen atoms in total. The second-order valence-electron chi connectivity index (χ2n) is 6.57.